The minimum absolute atomic E-state index is 0.0517. The molecular weight excluding hydrogens is 262 g/mol. The Labute approximate surface area is 116 Å². The molecule has 2 aromatic heterocycles. The van der Waals surface area contributed by atoms with Gasteiger partial charge in [-0.05, 0) is 17.9 Å². The lowest BCUT2D eigenvalue weighted by atomic mass is 9.93. The molecule has 0 fully saturated rings. The van der Waals surface area contributed by atoms with Gasteiger partial charge in [0.05, 0.1) is 12.1 Å². The second kappa shape index (κ2) is 4.94. The average molecular weight is 279 g/mol. The number of aryl methyl sites for hydroxylation is 1. The van der Waals surface area contributed by atoms with Crippen LogP contribution in [0, 0.1) is 6.92 Å². The molecule has 96 valence electrons. The van der Waals surface area contributed by atoms with Crippen molar-refractivity contribution in [3.05, 3.63) is 38.0 Å². The second-order valence-electron chi connectivity index (χ2n) is 5.44. The van der Waals surface area contributed by atoms with Crippen LogP contribution in [0.4, 0.5) is 0 Å². The molecule has 2 rings (SSSR count). The number of Topliss-reactive ketones (excluding diaryl/α,β-unsaturated/α-hetero) is 1. The van der Waals surface area contributed by atoms with E-state index < -0.39 is 0 Å². The molecule has 0 N–H and O–H groups in total. The maximum atomic E-state index is 12.1. The fraction of sp³-hybridized carbons (Fsp3) is 0.429. The monoisotopic (exact) mass is 279 g/mol. The van der Waals surface area contributed by atoms with Crippen LogP contribution in [0.3, 0.4) is 0 Å². The molecule has 18 heavy (non-hydrogen) atoms. The predicted octanol–water partition coefficient (Wildman–Crippen LogP) is 4.24. The Morgan fingerprint density at radius 2 is 2.00 bits per heavy atom. The first kappa shape index (κ1) is 13.4. The van der Waals surface area contributed by atoms with Gasteiger partial charge >= 0.3 is 0 Å². The van der Waals surface area contributed by atoms with Crippen molar-refractivity contribution in [2.24, 2.45) is 0 Å². The summed E-state index contributed by atoms with van der Waals surface area (Å²) in [7, 11) is 0. The average Bonchev–Trinajstić information content (AvgIpc) is 2.85. The third-order valence-electron chi connectivity index (χ3n) is 2.79. The lowest BCUT2D eigenvalue weighted by Crippen LogP contribution is -2.12. The lowest BCUT2D eigenvalue weighted by Gasteiger charge is -2.14. The van der Waals surface area contributed by atoms with E-state index in [1.54, 1.807) is 22.7 Å². The number of carbonyl (C=O) groups is 1. The normalized spacial score (nSPS) is 11.8. The maximum Gasteiger partial charge on any atom is 0.170 e. The Kier molecular flexibility index (Phi) is 3.69. The first-order valence-electron chi connectivity index (χ1n) is 5.89. The minimum Gasteiger partial charge on any atom is -0.294 e. The molecule has 0 spiro atoms. The number of thiazole rings is 1. The molecule has 0 radical (unpaired) electrons. The highest BCUT2D eigenvalue weighted by Crippen LogP contribution is 2.25. The molecule has 0 saturated heterocycles. The van der Waals surface area contributed by atoms with Crippen LogP contribution in [0.5, 0.6) is 0 Å². The van der Waals surface area contributed by atoms with E-state index in [4.69, 9.17) is 0 Å². The van der Waals surface area contributed by atoms with Gasteiger partial charge in [-0.3, -0.25) is 4.79 Å². The molecule has 0 aliphatic rings. The summed E-state index contributed by atoms with van der Waals surface area (Å²) in [5, 5.41) is 6.91. The number of thiophene rings is 1. The smallest absolute Gasteiger partial charge is 0.170 e. The van der Waals surface area contributed by atoms with Gasteiger partial charge in [-0.15, -0.1) is 11.3 Å². The predicted molar refractivity (Wildman–Crippen MR) is 77.9 cm³/mol. The van der Waals surface area contributed by atoms with Crippen LogP contribution in [-0.2, 0) is 11.8 Å². The van der Waals surface area contributed by atoms with Gasteiger partial charge in [0, 0.05) is 21.7 Å². The summed E-state index contributed by atoms with van der Waals surface area (Å²) < 4.78 is 0. The van der Waals surface area contributed by atoms with Crippen LogP contribution in [0.1, 0.15) is 47.4 Å². The van der Waals surface area contributed by atoms with Gasteiger partial charge in [-0.1, -0.05) is 20.8 Å². The zero-order valence-electron chi connectivity index (χ0n) is 11.1. The summed E-state index contributed by atoms with van der Waals surface area (Å²) in [6.45, 7) is 8.39. The Hall–Kier alpha value is -1.00. The van der Waals surface area contributed by atoms with Crippen molar-refractivity contribution in [2.45, 2.75) is 39.5 Å². The zero-order chi connectivity index (χ0) is 13.3. The first-order valence-corrected chi connectivity index (χ1v) is 7.71. The van der Waals surface area contributed by atoms with E-state index in [1.165, 1.54) is 0 Å². The molecule has 0 aliphatic heterocycles. The largest absolute Gasteiger partial charge is 0.294 e. The Balaban J connectivity index is 2.13. The fourth-order valence-electron chi connectivity index (χ4n) is 1.62. The summed E-state index contributed by atoms with van der Waals surface area (Å²) >= 11 is 3.16. The lowest BCUT2D eigenvalue weighted by molar-refractivity contribution is 0.0992. The molecule has 2 heterocycles. The summed E-state index contributed by atoms with van der Waals surface area (Å²) in [6, 6.07) is 0. The van der Waals surface area contributed by atoms with E-state index in [0.29, 0.717) is 6.42 Å². The van der Waals surface area contributed by atoms with Crippen LogP contribution in [0.15, 0.2) is 16.1 Å². The number of rotatable bonds is 3. The standard InChI is InChI=1S/C14H17NOS2/c1-9-6-17-7-10(9)11(16)5-13-15-12(8-18-13)14(2,3)4/h6-8H,5H2,1-4H3. The summed E-state index contributed by atoms with van der Waals surface area (Å²) in [6.07, 6.45) is 0.415. The van der Waals surface area contributed by atoms with E-state index in [1.807, 2.05) is 17.7 Å². The Morgan fingerprint density at radius 1 is 1.28 bits per heavy atom. The number of carbonyl (C=O) groups excluding carboxylic acids is 1. The van der Waals surface area contributed by atoms with Crippen LogP contribution in [-0.4, -0.2) is 10.8 Å². The minimum atomic E-state index is 0.0517. The van der Waals surface area contributed by atoms with E-state index in [2.05, 4.69) is 31.1 Å². The zero-order valence-corrected chi connectivity index (χ0v) is 12.7. The molecule has 4 heteroatoms. The third kappa shape index (κ3) is 2.87. The third-order valence-corrected chi connectivity index (χ3v) is 4.50. The van der Waals surface area contributed by atoms with E-state index in [9.17, 15) is 4.79 Å². The van der Waals surface area contributed by atoms with Gasteiger partial charge in [0.1, 0.15) is 5.01 Å². The quantitative estimate of drug-likeness (QED) is 0.787. The van der Waals surface area contributed by atoms with Crippen molar-refractivity contribution >= 4 is 28.5 Å². The molecular formula is C14H17NOS2. The maximum absolute atomic E-state index is 12.1. The molecule has 0 amide bonds. The molecule has 0 saturated carbocycles. The fourth-order valence-corrected chi connectivity index (χ4v) is 3.49. The second-order valence-corrected chi connectivity index (χ2v) is 7.13. The van der Waals surface area contributed by atoms with Gasteiger partial charge in [0.25, 0.3) is 0 Å². The molecule has 0 bridgehead atoms. The van der Waals surface area contributed by atoms with Crippen molar-refractivity contribution in [3.63, 3.8) is 0 Å². The summed E-state index contributed by atoms with van der Waals surface area (Å²) in [5.74, 6) is 0.170. The Bertz CT molecular complexity index is 560. The summed E-state index contributed by atoms with van der Waals surface area (Å²) in [5.41, 5.74) is 3.03. The molecule has 0 atom stereocenters. The van der Waals surface area contributed by atoms with Crippen molar-refractivity contribution in [1.29, 1.82) is 0 Å². The van der Waals surface area contributed by atoms with Gasteiger partial charge < -0.3 is 0 Å². The number of hydrogen-bond donors (Lipinski definition) is 0. The highest BCUT2D eigenvalue weighted by Gasteiger charge is 2.19. The topological polar surface area (TPSA) is 30.0 Å². The van der Waals surface area contributed by atoms with Crippen LogP contribution >= 0.6 is 22.7 Å². The number of ketones is 1. The Morgan fingerprint density at radius 3 is 2.50 bits per heavy atom. The van der Waals surface area contributed by atoms with E-state index in [-0.39, 0.29) is 11.2 Å². The van der Waals surface area contributed by atoms with Crippen molar-refractivity contribution < 1.29 is 4.79 Å². The molecule has 2 nitrogen and oxygen atoms in total. The molecule has 2 aromatic rings. The molecule has 0 unspecified atom stereocenters. The van der Waals surface area contributed by atoms with E-state index in [0.717, 1.165) is 21.8 Å². The molecule has 0 aromatic carbocycles. The number of aromatic nitrogens is 1. The van der Waals surface area contributed by atoms with Crippen molar-refractivity contribution in [2.75, 3.05) is 0 Å². The van der Waals surface area contributed by atoms with Gasteiger partial charge in [0.2, 0.25) is 0 Å². The number of nitrogens with zero attached hydrogens (tertiary/aromatic N) is 1. The highest BCUT2D eigenvalue weighted by atomic mass is 32.1. The van der Waals surface area contributed by atoms with Crippen LogP contribution in [0.25, 0.3) is 0 Å². The highest BCUT2D eigenvalue weighted by molar-refractivity contribution is 7.10. The summed E-state index contributed by atoms with van der Waals surface area (Å²) in [4.78, 5) is 16.7. The van der Waals surface area contributed by atoms with Gasteiger partial charge in [0.15, 0.2) is 5.78 Å². The van der Waals surface area contributed by atoms with Crippen molar-refractivity contribution in [3.8, 4) is 0 Å². The van der Waals surface area contributed by atoms with Gasteiger partial charge in [-0.2, -0.15) is 11.3 Å². The molecule has 0 aliphatic carbocycles. The van der Waals surface area contributed by atoms with Crippen molar-refractivity contribution in [1.82, 2.24) is 4.98 Å². The number of hydrogen-bond acceptors (Lipinski definition) is 4. The van der Waals surface area contributed by atoms with Crippen LogP contribution in [0.2, 0.25) is 0 Å². The van der Waals surface area contributed by atoms with Gasteiger partial charge in [-0.25, -0.2) is 4.98 Å². The van der Waals surface area contributed by atoms with Crippen LogP contribution < -0.4 is 0 Å². The van der Waals surface area contributed by atoms with E-state index >= 15 is 0 Å². The first-order chi connectivity index (χ1) is 8.38. The SMILES string of the molecule is Cc1cscc1C(=O)Cc1nc(C(C)(C)C)cs1.